The summed E-state index contributed by atoms with van der Waals surface area (Å²) in [4.78, 5) is 4.06. The molecule has 1 aliphatic rings. The molecule has 154 valence electrons. The first kappa shape index (κ1) is 21.0. The number of nitrogens with zero attached hydrogens (tertiary/aromatic N) is 1. The molecule has 28 heavy (non-hydrogen) atoms. The molecule has 1 aromatic heterocycles. The Bertz CT molecular complexity index is 728. The Morgan fingerprint density at radius 2 is 1.82 bits per heavy atom. The molecule has 2 aromatic rings. The van der Waals surface area contributed by atoms with E-state index in [1.54, 1.807) is 21.3 Å². The standard InChI is InChI=1S/C22H32N2O3S/c1-16-9-11-24(12-10-16)18(20-6-5-13-28-20)15-23-14-17-7-8-19(25-2)22(27-4)21(17)26-3/h5-8,13,16,18,23H,9-12,14-15H2,1-4H3/t18-/m1/s1. The molecule has 5 nitrogen and oxygen atoms in total. The van der Waals surface area contributed by atoms with Crippen LogP contribution in [0.4, 0.5) is 0 Å². The first-order chi connectivity index (χ1) is 13.7. The lowest BCUT2D eigenvalue weighted by molar-refractivity contribution is 0.137. The van der Waals surface area contributed by atoms with Crippen LogP contribution in [0.15, 0.2) is 29.6 Å². The Labute approximate surface area is 172 Å². The predicted octanol–water partition coefficient (Wildman–Crippen LogP) is 4.34. The fourth-order valence-corrected chi connectivity index (χ4v) is 4.74. The minimum absolute atomic E-state index is 0.415. The molecule has 0 bridgehead atoms. The van der Waals surface area contributed by atoms with Crippen LogP contribution >= 0.6 is 11.3 Å². The van der Waals surface area contributed by atoms with Gasteiger partial charge >= 0.3 is 0 Å². The van der Waals surface area contributed by atoms with E-state index in [0.717, 1.165) is 30.3 Å². The molecule has 0 spiro atoms. The molecule has 6 heteroatoms. The molecule has 1 saturated heterocycles. The molecule has 0 aliphatic carbocycles. The second kappa shape index (κ2) is 10.1. The average molecular weight is 405 g/mol. The van der Waals surface area contributed by atoms with Crippen molar-refractivity contribution < 1.29 is 14.2 Å². The normalized spacial score (nSPS) is 16.7. The zero-order chi connectivity index (χ0) is 19.9. The van der Waals surface area contributed by atoms with Crippen LogP contribution in [-0.4, -0.2) is 45.9 Å². The second-order valence-corrected chi connectivity index (χ2v) is 8.35. The topological polar surface area (TPSA) is 43.0 Å². The van der Waals surface area contributed by atoms with Crippen molar-refractivity contribution in [1.82, 2.24) is 10.2 Å². The van der Waals surface area contributed by atoms with Gasteiger partial charge in [0.2, 0.25) is 5.75 Å². The number of likely N-dealkylation sites (tertiary alicyclic amines) is 1. The van der Waals surface area contributed by atoms with Crippen LogP contribution in [-0.2, 0) is 6.54 Å². The first-order valence-corrected chi connectivity index (χ1v) is 10.8. The van der Waals surface area contributed by atoms with E-state index in [9.17, 15) is 0 Å². The lowest BCUT2D eigenvalue weighted by Crippen LogP contribution is -2.40. The van der Waals surface area contributed by atoms with Gasteiger partial charge in [-0.05, 0) is 49.4 Å². The molecule has 1 aliphatic heterocycles. The van der Waals surface area contributed by atoms with Gasteiger partial charge in [-0.3, -0.25) is 4.90 Å². The molecule has 1 atom stereocenters. The van der Waals surface area contributed by atoms with Crippen molar-refractivity contribution >= 4 is 11.3 Å². The first-order valence-electron chi connectivity index (χ1n) is 9.94. The van der Waals surface area contributed by atoms with Crippen LogP contribution in [0.3, 0.4) is 0 Å². The van der Waals surface area contributed by atoms with Gasteiger partial charge in [-0.2, -0.15) is 0 Å². The van der Waals surface area contributed by atoms with Gasteiger partial charge in [0.15, 0.2) is 11.5 Å². The van der Waals surface area contributed by atoms with Gasteiger partial charge < -0.3 is 19.5 Å². The second-order valence-electron chi connectivity index (χ2n) is 7.37. The highest BCUT2D eigenvalue weighted by molar-refractivity contribution is 7.10. The quantitative estimate of drug-likeness (QED) is 0.674. The summed E-state index contributed by atoms with van der Waals surface area (Å²) in [5.74, 6) is 2.89. The van der Waals surface area contributed by atoms with Crippen LogP contribution in [0.25, 0.3) is 0 Å². The highest BCUT2D eigenvalue weighted by Gasteiger charge is 2.25. The number of benzene rings is 1. The summed E-state index contributed by atoms with van der Waals surface area (Å²) < 4.78 is 16.5. The summed E-state index contributed by atoms with van der Waals surface area (Å²) in [5, 5.41) is 5.82. The monoisotopic (exact) mass is 404 g/mol. The van der Waals surface area contributed by atoms with Crippen molar-refractivity contribution in [1.29, 1.82) is 0 Å². The number of piperidine rings is 1. The van der Waals surface area contributed by atoms with E-state index >= 15 is 0 Å². The van der Waals surface area contributed by atoms with Crippen LogP contribution < -0.4 is 19.5 Å². The molecule has 0 radical (unpaired) electrons. The number of thiophene rings is 1. The molecular formula is C22H32N2O3S. The van der Waals surface area contributed by atoms with E-state index in [4.69, 9.17) is 14.2 Å². The van der Waals surface area contributed by atoms with E-state index in [1.165, 1.54) is 30.8 Å². The van der Waals surface area contributed by atoms with Crippen molar-refractivity contribution in [2.45, 2.75) is 32.4 Å². The van der Waals surface area contributed by atoms with Crippen molar-refractivity contribution in [3.8, 4) is 17.2 Å². The van der Waals surface area contributed by atoms with E-state index in [0.29, 0.717) is 17.5 Å². The van der Waals surface area contributed by atoms with E-state index in [2.05, 4.69) is 34.7 Å². The minimum atomic E-state index is 0.415. The Kier molecular flexibility index (Phi) is 7.59. The van der Waals surface area contributed by atoms with Crippen molar-refractivity contribution in [3.63, 3.8) is 0 Å². The number of hydrogen-bond acceptors (Lipinski definition) is 6. The molecule has 1 fully saturated rings. The molecule has 1 N–H and O–H groups in total. The molecule has 3 rings (SSSR count). The van der Waals surface area contributed by atoms with Gasteiger partial charge in [0.05, 0.1) is 27.4 Å². The number of methoxy groups -OCH3 is 3. The predicted molar refractivity (Wildman–Crippen MR) is 115 cm³/mol. The third-order valence-electron chi connectivity index (χ3n) is 5.57. The summed E-state index contributed by atoms with van der Waals surface area (Å²) in [5.41, 5.74) is 1.07. The molecular weight excluding hydrogens is 372 g/mol. The van der Waals surface area contributed by atoms with Crippen molar-refractivity contribution in [2.24, 2.45) is 5.92 Å². The smallest absolute Gasteiger partial charge is 0.203 e. The summed E-state index contributed by atoms with van der Waals surface area (Å²) >= 11 is 1.85. The molecule has 0 saturated carbocycles. The Morgan fingerprint density at radius 1 is 1.07 bits per heavy atom. The maximum atomic E-state index is 5.61. The third kappa shape index (κ3) is 4.80. The van der Waals surface area contributed by atoms with Gasteiger partial charge in [0.1, 0.15) is 0 Å². The number of ether oxygens (including phenoxy) is 3. The highest BCUT2D eigenvalue weighted by Crippen LogP contribution is 2.39. The molecule has 2 heterocycles. The molecule has 0 unspecified atom stereocenters. The van der Waals surface area contributed by atoms with Crippen LogP contribution in [0.1, 0.15) is 36.2 Å². The Morgan fingerprint density at radius 3 is 2.43 bits per heavy atom. The van der Waals surface area contributed by atoms with Gasteiger partial charge in [0, 0.05) is 23.5 Å². The highest BCUT2D eigenvalue weighted by atomic mass is 32.1. The van der Waals surface area contributed by atoms with E-state index < -0.39 is 0 Å². The number of rotatable bonds is 9. The SMILES string of the molecule is COc1ccc(CNC[C@H](c2cccs2)N2CCC(C)CC2)c(OC)c1OC. The zero-order valence-corrected chi connectivity index (χ0v) is 18.2. The summed E-state index contributed by atoms with van der Waals surface area (Å²) in [6.45, 7) is 6.33. The van der Waals surface area contributed by atoms with E-state index in [1.807, 2.05) is 23.5 Å². The van der Waals surface area contributed by atoms with Crippen LogP contribution in [0.5, 0.6) is 17.2 Å². The van der Waals surface area contributed by atoms with Crippen LogP contribution in [0, 0.1) is 5.92 Å². The Balaban J connectivity index is 1.69. The summed E-state index contributed by atoms with van der Waals surface area (Å²) in [6, 6.07) is 8.79. The fourth-order valence-electron chi connectivity index (χ4n) is 3.88. The van der Waals surface area contributed by atoms with Gasteiger partial charge in [-0.25, -0.2) is 0 Å². The van der Waals surface area contributed by atoms with Gasteiger partial charge in [-0.15, -0.1) is 11.3 Å². The fraction of sp³-hybridized carbons (Fsp3) is 0.545. The summed E-state index contributed by atoms with van der Waals surface area (Å²) in [6.07, 6.45) is 2.57. The lowest BCUT2D eigenvalue weighted by Gasteiger charge is -2.36. The Hall–Kier alpha value is -1.76. The number of nitrogens with one attached hydrogen (secondary N) is 1. The van der Waals surface area contributed by atoms with E-state index in [-0.39, 0.29) is 0 Å². The number of hydrogen-bond donors (Lipinski definition) is 1. The lowest BCUT2D eigenvalue weighted by atomic mass is 9.97. The van der Waals surface area contributed by atoms with Crippen molar-refractivity contribution in [3.05, 3.63) is 40.1 Å². The van der Waals surface area contributed by atoms with Crippen LogP contribution in [0.2, 0.25) is 0 Å². The third-order valence-corrected chi connectivity index (χ3v) is 6.54. The zero-order valence-electron chi connectivity index (χ0n) is 17.4. The van der Waals surface area contributed by atoms with Gasteiger partial charge in [-0.1, -0.05) is 19.1 Å². The van der Waals surface area contributed by atoms with Gasteiger partial charge in [0.25, 0.3) is 0 Å². The minimum Gasteiger partial charge on any atom is -0.493 e. The summed E-state index contributed by atoms with van der Waals surface area (Å²) in [7, 11) is 4.95. The maximum absolute atomic E-state index is 5.61. The molecule has 1 aromatic carbocycles. The van der Waals surface area contributed by atoms with Crippen molar-refractivity contribution in [2.75, 3.05) is 41.0 Å². The molecule has 0 amide bonds. The largest absolute Gasteiger partial charge is 0.493 e. The average Bonchev–Trinajstić information content (AvgIpc) is 3.25. The maximum Gasteiger partial charge on any atom is 0.203 e.